The SMILES string of the molecule is O=C(O)CCSC(c1cccc(C2CCCC2)c1OCCc1ccccc1)C(O)CO. The molecule has 1 aliphatic rings. The molecule has 31 heavy (non-hydrogen) atoms. The van der Waals surface area contributed by atoms with Gasteiger partial charge in [-0.3, -0.25) is 4.79 Å². The molecule has 6 heteroatoms. The molecule has 0 spiro atoms. The van der Waals surface area contributed by atoms with Gasteiger partial charge in [0, 0.05) is 17.7 Å². The molecule has 2 aromatic carbocycles. The number of para-hydroxylation sites is 1. The summed E-state index contributed by atoms with van der Waals surface area (Å²) >= 11 is 1.36. The molecule has 0 aliphatic heterocycles. The molecule has 0 amide bonds. The van der Waals surface area contributed by atoms with E-state index in [0.717, 1.165) is 36.1 Å². The van der Waals surface area contributed by atoms with Gasteiger partial charge in [-0.15, -0.1) is 0 Å². The summed E-state index contributed by atoms with van der Waals surface area (Å²) in [4.78, 5) is 11.0. The zero-order valence-electron chi connectivity index (χ0n) is 17.8. The van der Waals surface area contributed by atoms with Crippen LogP contribution >= 0.6 is 11.8 Å². The summed E-state index contributed by atoms with van der Waals surface area (Å²) in [5, 5.41) is 28.8. The highest BCUT2D eigenvalue weighted by molar-refractivity contribution is 7.99. The van der Waals surface area contributed by atoms with Gasteiger partial charge in [0.05, 0.1) is 31.0 Å². The fourth-order valence-electron chi connectivity index (χ4n) is 4.22. The van der Waals surface area contributed by atoms with Gasteiger partial charge in [-0.2, -0.15) is 11.8 Å². The van der Waals surface area contributed by atoms with Gasteiger partial charge in [0.25, 0.3) is 0 Å². The van der Waals surface area contributed by atoms with Crippen LogP contribution in [0.4, 0.5) is 0 Å². The monoisotopic (exact) mass is 444 g/mol. The molecule has 1 aliphatic carbocycles. The van der Waals surface area contributed by atoms with Crippen LogP contribution in [-0.4, -0.2) is 46.4 Å². The summed E-state index contributed by atoms with van der Waals surface area (Å²) < 4.78 is 6.37. The Balaban J connectivity index is 1.86. The first-order chi connectivity index (χ1) is 15.1. The van der Waals surface area contributed by atoms with Crippen LogP contribution in [0.15, 0.2) is 48.5 Å². The predicted octanol–water partition coefficient (Wildman–Crippen LogP) is 4.57. The topological polar surface area (TPSA) is 87.0 Å². The van der Waals surface area contributed by atoms with E-state index in [2.05, 4.69) is 18.2 Å². The van der Waals surface area contributed by atoms with E-state index >= 15 is 0 Å². The molecule has 1 fully saturated rings. The van der Waals surface area contributed by atoms with Gasteiger partial charge in [-0.1, -0.05) is 61.4 Å². The summed E-state index contributed by atoms with van der Waals surface area (Å²) in [7, 11) is 0. The number of aliphatic carboxylic acids is 1. The molecule has 168 valence electrons. The lowest BCUT2D eigenvalue weighted by atomic mass is 9.92. The number of benzene rings is 2. The molecule has 2 aromatic rings. The van der Waals surface area contributed by atoms with Crippen molar-refractivity contribution in [2.24, 2.45) is 0 Å². The number of rotatable bonds is 12. The first kappa shape index (κ1) is 23.6. The second-order valence-corrected chi connectivity index (χ2v) is 9.27. The van der Waals surface area contributed by atoms with Crippen molar-refractivity contribution in [2.45, 2.75) is 55.8 Å². The first-order valence-electron chi connectivity index (χ1n) is 11.0. The Morgan fingerprint density at radius 2 is 1.84 bits per heavy atom. The number of carboxylic acid groups (broad SMARTS) is 1. The third-order valence-corrected chi connectivity index (χ3v) is 7.17. The van der Waals surface area contributed by atoms with Crippen molar-refractivity contribution in [2.75, 3.05) is 19.0 Å². The Kier molecular flexibility index (Phi) is 9.25. The Hall–Kier alpha value is -2.02. The van der Waals surface area contributed by atoms with Crippen molar-refractivity contribution in [3.05, 3.63) is 65.2 Å². The van der Waals surface area contributed by atoms with Crippen LogP contribution in [0.5, 0.6) is 5.75 Å². The highest BCUT2D eigenvalue weighted by atomic mass is 32.2. The van der Waals surface area contributed by atoms with Gasteiger partial charge >= 0.3 is 5.97 Å². The van der Waals surface area contributed by atoms with E-state index in [1.807, 2.05) is 30.3 Å². The average Bonchev–Trinajstić information content (AvgIpc) is 3.32. The molecule has 0 radical (unpaired) electrons. The molecule has 1 saturated carbocycles. The van der Waals surface area contributed by atoms with Gasteiger partial charge in [-0.25, -0.2) is 0 Å². The minimum absolute atomic E-state index is 0.00578. The standard InChI is InChI=1S/C25H32O5S/c26-17-22(27)25(31-16-14-23(28)29)21-12-6-11-20(19-9-4-5-10-19)24(21)30-15-13-18-7-2-1-3-8-18/h1-3,6-8,11-12,19,22,25-27H,4-5,9-10,13-17H2,(H,28,29). The molecular formula is C25H32O5S. The van der Waals surface area contributed by atoms with E-state index < -0.39 is 17.3 Å². The summed E-state index contributed by atoms with van der Waals surface area (Å²) in [5.74, 6) is 0.714. The molecule has 0 heterocycles. The lowest BCUT2D eigenvalue weighted by Gasteiger charge is -2.26. The number of aliphatic hydroxyl groups excluding tert-OH is 2. The van der Waals surface area contributed by atoms with Crippen LogP contribution in [0.25, 0.3) is 0 Å². The van der Waals surface area contributed by atoms with Crippen LogP contribution in [-0.2, 0) is 11.2 Å². The van der Waals surface area contributed by atoms with E-state index in [1.165, 1.54) is 30.2 Å². The third kappa shape index (κ3) is 6.73. The quantitative estimate of drug-likeness (QED) is 0.445. The first-order valence-corrected chi connectivity index (χ1v) is 12.1. The summed E-state index contributed by atoms with van der Waals surface area (Å²) in [6, 6.07) is 16.2. The van der Waals surface area contributed by atoms with Crippen LogP contribution in [0.2, 0.25) is 0 Å². The Morgan fingerprint density at radius 1 is 1.10 bits per heavy atom. The number of hydrogen-bond acceptors (Lipinski definition) is 5. The minimum atomic E-state index is -0.992. The van der Waals surface area contributed by atoms with Crippen molar-refractivity contribution >= 4 is 17.7 Å². The predicted molar refractivity (Wildman–Crippen MR) is 124 cm³/mol. The molecule has 2 atom stereocenters. The number of aliphatic hydroxyl groups is 2. The maximum atomic E-state index is 11.0. The normalized spacial score (nSPS) is 16.2. The second kappa shape index (κ2) is 12.1. The van der Waals surface area contributed by atoms with E-state index in [4.69, 9.17) is 9.84 Å². The third-order valence-electron chi connectivity index (χ3n) is 5.81. The van der Waals surface area contributed by atoms with Crippen LogP contribution < -0.4 is 4.74 Å². The minimum Gasteiger partial charge on any atom is -0.493 e. The smallest absolute Gasteiger partial charge is 0.304 e. The molecular weight excluding hydrogens is 412 g/mol. The zero-order valence-corrected chi connectivity index (χ0v) is 18.6. The van der Waals surface area contributed by atoms with E-state index in [-0.39, 0.29) is 13.0 Å². The fourth-order valence-corrected chi connectivity index (χ4v) is 5.43. The highest BCUT2D eigenvalue weighted by Gasteiger charge is 2.29. The molecule has 5 nitrogen and oxygen atoms in total. The number of carbonyl (C=O) groups is 1. The number of carboxylic acids is 1. The molecule has 2 unspecified atom stereocenters. The summed E-state index contributed by atoms with van der Waals surface area (Å²) in [6.45, 7) is 0.129. The molecule has 0 bridgehead atoms. The van der Waals surface area contributed by atoms with Gasteiger partial charge in [0.15, 0.2) is 0 Å². The lowest BCUT2D eigenvalue weighted by molar-refractivity contribution is -0.136. The van der Waals surface area contributed by atoms with Gasteiger partial charge in [0.2, 0.25) is 0 Å². The number of ether oxygens (including phenoxy) is 1. The molecule has 3 N–H and O–H groups in total. The second-order valence-electron chi connectivity index (χ2n) is 8.02. The van der Waals surface area contributed by atoms with Crippen LogP contribution in [0.1, 0.15) is 60.0 Å². The Labute approximate surface area is 188 Å². The van der Waals surface area contributed by atoms with Gasteiger partial charge in [-0.05, 0) is 29.9 Å². The number of hydrogen-bond donors (Lipinski definition) is 3. The Bertz CT molecular complexity index is 820. The van der Waals surface area contributed by atoms with E-state index in [0.29, 0.717) is 18.3 Å². The Morgan fingerprint density at radius 3 is 2.52 bits per heavy atom. The lowest BCUT2D eigenvalue weighted by Crippen LogP contribution is -2.22. The zero-order chi connectivity index (χ0) is 22.1. The van der Waals surface area contributed by atoms with Gasteiger partial charge in [0.1, 0.15) is 5.75 Å². The molecule has 0 saturated heterocycles. The number of thioether (sulfide) groups is 1. The highest BCUT2D eigenvalue weighted by Crippen LogP contribution is 2.45. The van der Waals surface area contributed by atoms with Crippen LogP contribution in [0, 0.1) is 0 Å². The van der Waals surface area contributed by atoms with Crippen molar-refractivity contribution in [3.63, 3.8) is 0 Å². The molecule has 3 rings (SSSR count). The largest absolute Gasteiger partial charge is 0.493 e. The van der Waals surface area contributed by atoms with Crippen molar-refractivity contribution < 1.29 is 24.9 Å². The fraction of sp³-hybridized carbons (Fsp3) is 0.480. The average molecular weight is 445 g/mol. The van der Waals surface area contributed by atoms with E-state index in [9.17, 15) is 15.0 Å². The van der Waals surface area contributed by atoms with E-state index in [1.54, 1.807) is 0 Å². The molecule has 0 aromatic heterocycles. The van der Waals surface area contributed by atoms with Crippen LogP contribution in [0.3, 0.4) is 0 Å². The maximum Gasteiger partial charge on any atom is 0.304 e. The summed E-state index contributed by atoms with van der Waals surface area (Å²) in [5.41, 5.74) is 3.21. The van der Waals surface area contributed by atoms with Crippen molar-refractivity contribution in [1.29, 1.82) is 0 Å². The van der Waals surface area contributed by atoms with Crippen molar-refractivity contribution in [1.82, 2.24) is 0 Å². The summed E-state index contributed by atoms with van der Waals surface area (Å²) in [6.07, 6.45) is 4.44. The van der Waals surface area contributed by atoms with Gasteiger partial charge < -0.3 is 20.1 Å². The van der Waals surface area contributed by atoms with Crippen molar-refractivity contribution in [3.8, 4) is 5.75 Å². The maximum absolute atomic E-state index is 11.0.